The Bertz CT molecular complexity index is 608. The monoisotopic (exact) mass is 279 g/mol. The number of carbonyl (C=O) groups is 1. The van der Waals surface area contributed by atoms with Crippen LogP contribution in [0.25, 0.3) is 0 Å². The smallest absolute Gasteiger partial charge is 0.275 e. The van der Waals surface area contributed by atoms with Crippen molar-refractivity contribution in [3.05, 3.63) is 35.1 Å². The van der Waals surface area contributed by atoms with Crippen LogP contribution in [0.3, 0.4) is 0 Å². The van der Waals surface area contributed by atoms with Gasteiger partial charge in [-0.2, -0.15) is 5.10 Å². The Morgan fingerprint density at radius 1 is 1.47 bits per heavy atom. The Hall–Kier alpha value is -2.21. The van der Waals surface area contributed by atoms with Gasteiger partial charge in [-0.1, -0.05) is 11.6 Å². The molecule has 7 heteroatoms. The summed E-state index contributed by atoms with van der Waals surface area (Å²) in [6.45, 7) is 0. The van der Waals surface area contributed by atoms with E-state index in [9.17, 15) is 4.79 Å². The number of hydrogen-bond acceptors (Lipinski definition) is 4. The number of aromatic amines is 1. The molecule has 1 aromatic carbocycles. The van der Waals surface area contributed by atoms with E-state index in [-0.39, 0.29) is 11.6 Å². The minimum atomic E-state index is -0.358. The number of rotatable bonds is 3. The number of halogens is 1. The van der Waals surface area contributed by atoms with Gasteiger partial charge < -0.3 is 16.0 Å². The van der Waals surface area contributed by atoms with Crippen molar-refractivity contribution in [3.63, 3.8) is 0 Å². The van der Waals surface area contributed by atoms with Gasteiger partial charge in [-0.25, -0.2) is 0 Å². The van der Waals surface area contributed by atoms with E-state index >= 15 is 0 Å². The summed E-state index contributed by atoms with van der Waals surface area (Å²) >= 11 is 6.13. The van der Waals surface area contributed by atoms with Crippen LogP contribution in [0.4, 0.5) is 17.1 Å². The summed E-state index contributed by atoms with van der Waals surface area (Å²) in [7, 11) is 3.79. The maximum absolute atomic E-state index is 11.9. The fourth-order valence-corrected chi connectivity index (χ4v) is 1.97. The molecule has 0 aliphatic carbocycles. The maximum Gasteiger partial charge on any atom is 0.275 e. The van der Waals surface area contributed by atoms with E-state index in [1.54, 1.807) is 12.1 Å². The van der Waals surface area contributed by atoms with Crippen LogP contribution in [0, 0.1) is 0 Å². The molecule has 6 nitrogen and oxygen atoms in total. The van der Waals surface area contributed by atoms with E-state index in [0.717, 1.165) is 5.69 Å². The molecular formula is C12H14ClN5O. The first-order valence-corrected chi connectivity index (χ1v) is 5.94. The molecule has 19 heavy (non-hydrogen) atoms. The first-order chi connectivity index (χ1) is 8.99. The van der Waals surface area contributed by atoms with Crippen molar-refractivity contribution in [1.29, 1.82) is 0 Å². The highest BCUT2D eigenvalue weighted by Crippen LogP contribution is 2.27. The topological polar surface area (TPSA) is 87.0 Å². The van der Waals surface area contributed by atoms with Crippen molar-refractivity contribution in [2.45, 2.75) is 0 Å². The van der Waals surface area contributed by atoms with Crippen LogP contribution in [0.1, 0.15) is 10.5 Å². The average molecular weight is 280 g/mol. The zero-order chi connectivity index (χ0) is 14.0. The van der Waals surface area contributed by atoms with Crippen LogP contribution in [0.2, 0.25) is 5.02 Å². The number of amides is 1. The first kappa shape index (κ1) is 13.2. The number of nitrogens with one attached hydrogen (secondary N) is 2. The predicted octanol–water partition coefficient (Wildman–Crippen LogP) is 1.96. The van der Waals surface area contributed by atoms with E-state index in [1.165, 1.54) is 6.20 Å². The predicted molar refractivity (Wildman–Crippen MR) is 76.7 cm³/mol. The molecule has 0 saturated heterocycles. The number of nitrogen functional groups attached to an aromatic ring is 1. The van der Waals surface area contributed by atoms with Gasteiger partial charge in [0.05, 0.1) is 22.6 Å². The normalized spacial score (nSPS) is 10.3. The van der Waals surface area contributed by atoms with E-state index in [0.29, 0.717) is 16.4 Å². The highest BCUT2D eigenvalue weighted by Gasteiger charge is 2.12. The summed E-state index contributed by atoms with van der Waals surface area (Å²) in [4.78, 5) is 13.8. The third kappa shape index (κ3) is 2.79. The minimum absolute atomic E-state index is 0.229. The Morgan fingerprint density at radius 2 is 2.21 bits per heavy atom. The molecule has 2 rings (SSSR count). The number of benzene rings is 1. The van der Waals surface area contributed by atoms with Gasteiger partial charge in [0, 0.05) is 19.8 Å². The summed E-state index contributed by atoms with van der Waals surface area (Å²) in [6, 6.07) is 5.28. The van der Waals surface area contributed by atoms with Crippen LogP contribution >= 0.6 is 11.6 Å². The van der Waals surface area contributed by atoms with Crippen molar-refractivity contribution in [2.75, 3.05) is 30.0 Å². The molecule has 0 atom stereocenters. The summed E-state index contributed by atoms with van der Waals surface area (Å²) in [5, 5.41) is 9.49. The van der Waals surface area contributed by atoms with Gasteiger partial charge in [-0.05, 0) is 18.2 Å². The Labute approximate surface area is 115 Å². The number of H-pyrrole nitrogens is 1. The van der Waals surface area contributed by atoms with Gasteiger partial charge in [0.15, 0.2) is 0 Å². The lowest BCUT2D eigenvalue weighted by Crippen LogP contribution is -2.14. The SMILES string of the molecule is CN(C)c1ccc(NC(=O)c2[nH]ncc2N)cc1Cl. The molecule has 0 unspecified atom stereocenters. The zero-order valence-electron chi connectivity index (χ0n) is 10.6. The molecule has 1 aromatic heterocycles. The van der Waals surface area contributed by atoms with E-state index in [1.807, 2.05) is 25.1 Å². The van der Waals surface area contributed by atoms with Crippen LogP contribution in [-0.2, 0) is 0 Å². The summed E-state index contributed by atoms with van der Waals surface area (Å²) < 4.78 is 0. The highest BCUT2D eigenvalue weighted by molar-refractivity contribution is 6.33. The van der Waals surface area contributed by atoms with Gasteiger partial charge >= 0.3 is 0 Å². The lowest BCUT2D eigenvalue weighted by molar-refractivity contribution is 0.102. The summed E-state index contributed by atoms with van der Waals surface area (Å²) in [6.07, 6.45) is 1.39. The van der Waals surface area contributed by atoms with Crippen molar-refractivity contribution in [3.8, 4) is 0 Å². The molecule has 0 aliphatic heterocycles. The fraction of sp³-hybridized carbons (Fsp3) is 0.167. The molecule has 2 aromatic rings. The largest absolute Gasteiger partial charge is 0.396 e. The van der Waals surface area contributed by atoms with Crippen LogP contribution < -0.4 is 16.0 Å². The van der Waals surface area contributed by atoms with Crippen LogP contribution in [0.5, 0.6) is 0 Å². The van der Waals surface area contributed by atoms with E-state index in [4.69, 9.17) is 17.3 Å². The van der Waals surface area contributed by atoms with Crippen molar-refractivity contribution >= 4 is 34.6 Å². The molecule has 0 spiro atoms. The summed E-state index contributed by atoms with van der Waals surface area (Å²) in [5.74, 6) is -0.358. The standard InChI is InChI=1S/C12H14ClN5O/c1-18(2)10-4-3-7(5-8(10)13)16-12(19)11-9(14)6-15-17-11/h3-6H,14H2,1-2H3,(H,15,17)(H,16,19). The second kappa shape index (κ2) is 5.19. The lowest BCUT2D eigenvalue weighted by atomic mass is 10.2. The van der Waals surface area contributed by atoms with Crippen molar-refractivity contribution < 1.29 is 4.79 Å². The molecule has 100 valence electrons. The molecule has 4 N–H and O–H groups in total. The van der Waals surface area contributed by atoms with Gasteiger partial charge in [0.25, 0.3) is 5.91 Å². The number of nitrogens with two attached hydrogens (primary N) is 1. The lowest BCUT2D eigenvalue weighted by Gasteiger charge is -2.15. The van der Waals surface area contributed by atoms with Crippen LogP contribution in [0.15, 0.2) is 24.4 Å². The third-order valence-corrected chi connectivity index (χ3v) is 2.89. The molecule has 0 aliphatic rings. The number of hydrogen-bond donors (Lipinski definition) is 3. The molecule has 0 bridgehead atoms. The number of carbonyl (C=O) groups excluding carboxylic acids is 1. The number of aromatic nitrogens is 2. The second-order valence-electron chi connectivity index (χ2n) is 4.22. The Balaban J connectivity index is 2.18. The van der Waals surface area contributed by atoms with Gasteiger partial charge in [0.1, 0.15) is 5.69 Å². The van der Waals surface area contributed by atoms with Crippen LogP contribution in [-0.4, -0.2) is 30.2 Å². The van der Waals surface area contributed by atoms with Gasteiger partial charge in [-0.15, -0.1) is 0 Å². The molecular weight excluding hydrogens is 266 g/mol. The molecule has 0 fully saturated rings. The zero-order valence-corrected chi connectivity index (χ0v) is 11.3. The quantitative estimate of drug-likeness (QED) is 0.801. The molecule has 1 amide bonds. The van der Waals surface area contributed by atoms with Gasteiger partial charge in [-0.3, -0.25) is 9.89 Å². The maximum atomic E-state index is 11.9. The summed E-state index contributed by atoms with van der Waals surface area (Å²) in [5.41, 5.74) is 7.60. The van der Waals surface area contributed by atoms with E-state index in [2.05, 4.69) is 15.5 Å². The minimum Gasteiger partial charge on any atom is -0.396 e. The first-order valence-electron chi connectivity index (χ1n) is 5.56. The second-order valence-corrected chi connectivity index (χ2v) is 4.62. The fourth-order valence-electron chi connectivity index (χ4n) is 1.62. The Kier molecular flexibility index (Phi) is 3.62. The molecule has 0 radical (unpaired) electrons. The van der Waals surface area contributed by atoms with Crippen molar-refractivity contribution in [1.82, 2.24) is 10.2 Å². The number of nitrogens with zero attached hydrogens (tertiary/aromatic N) is 2. The highest BCUT2D eigenvalue weighted by atomic mass is 35.5. The molecule has 1 heterocycles. The van der Waals surface area contributed by atoms with Crippen molar-refractivity contribution in [2.24, 2.45) is 0 Å². The molecule has 0 saturated carbocycles. The number of anilines is 3. The Morgan fingerprint density at radius 3 is 2.74 bits per heavy atom. The van der Waals surface area contributed by atoms with E-state index < -0.39 is 0 Å². The van der Waals surface area contributed by atoms with Gasteiger partial charge in [0.2, 0.25) is 0 Å². The average Bonchev–Trinajstić information content (AvgIpc) is 2.75. The third-order valence-electron chi connectivity index (χ3n) is 2.58.